The highest BCUT2D eigenvalue weighted by atomic mass is 15.0. The van der Waals surface area contributed by atoms with Crippen LogP contribution in [0.3, 0.4) is 0 Å². The molecular formula is C14H22N4. The maximum atomic E-state index is 4.03. The van der Waals surface area contributed by atoms with Gasteiger partial charge in [0.2, 0.25) is 0 Å². The number of hydrogen-bond acceptors (Lipinski definition) is 2. The quantitative estimate of drug-likeness (QED) is 0.791. The summed E-state index contributed by atoms with van der Waals surface area (Å²) in [5.41, 5.74) is 4.08. The number of nitrogens with zero attached hydrogens (tertiary/aromatic N) is 3. The van der Waals surface area contributed by atoms with Gasteiger partial charge < -0.3 is 14.5 Å². The summed E-state index contributed by atoms with van der Waals surface area (Å²) < 4.78 is 4.35. The number of imidazole rings is 1. The molecule has 0 aromatic carbocycles. The third-order valence-corrected chi connectivity index (χ3v) is 3.52. The highest BCUT2D eigenvalue weighted by Crippen LogP contribution is 2.12. The Morgan fingerprint density at radius 2 is 2.17 bits per heavy atom. The summed E-state index contributed by atoms with van der Waals surface area (Å²) in [5, 5.41) is 3.50. The lowest BCUT2D eigenvalue weighted by Crippen LogP contribution is -2.16. The summed E-state index contributed by atoms with van der Waals surface area (Å²) in [6.07, 6.45) is 6.82. The lowest BCUT2D eigenvalue weighted by Gasteiger charge is -2.06. The van der Waals surface area contributed by atoms with Crippen LogP contribution in [-0.2, 0) is 20.1 Å². The number of aryl methyl sites for hydroxylation is 2. The number of hydrogen-bond donors (Lipinski definition) is 1. The summed E-state index contributed by atoms with van der Waals surface area (Å²) in [7, 11) is 2.12. The predicted octanol–water partition coefficient (Wildman–Crippen LogP) is 2.02. The Balaban J connectivity index is 1.70. The highest BCUT2D eigenvalue weighted by Gasteiger charge is 2.04. The zero-order valence-corrected chi connectivity index (χ0v) is 11.5. The van der Waals surface area contributed by atoms with E-state index in [1.54, 1.807) is 0 Å². The van der Waals surface area contributed by atoms with Gasteiger partial charge in [0.25, 0.3) is 0 Å². The zero-order chi connectivity index (χ0) is 13.0. The van der Waals surface area contributed by atoms with E-state index in [1.807, 2.05) is 18.7 Å². The smallest absolute Gasteiger partial charge is 0.0945 e. The summed E-state index contributed by atoms with van der Waals surface area (Å²) in [4.78, 5) is 4.03. The van der Waals surface area contributed by atoms with Gasteiger partial charge in [-0.15, -0.1) is 0 Å². The van der Waals surface area contributed by atoms with Gasteiger partial charge >= 0.3 is 0 Å². The molecule has 0 amide bonds. The molecule has 0 aliphatic rings. The Hall–Kier alpha value is -1.55. The van der Waals surface area contributed by atoms with Crippen molar-refractivity contribution < 1.29 is 0 Å². The summed E-state index contributed by atoms with van der Waals surface area (Å²) in [5.74, 6) is 0. The molecule has 0 bridgehead atoms. The van der Waals surface area contributed by atoms with Gasteiger partial charge in [0.05, 0.1) is 6.33 Å². The second-order valence-corrected chi connectivity index (χ2v) is 4.79. The van der Waals surface area contributed by atoms with Gasteiger partial charge in [0.15, 0.2) is 0 Å². The van der Waals surface area contributed by atoms with Crippen molar-refractivity contribution in [2.75, 3.05) is 6.54 Å². The Kier molecular flexibility index (Phi) is 4.20. The third kappa shape index (κ3) is 3.01. The average Bonchev–Trinajstić information content (AvgIpc) is 2.95. The zero-order valence-electron chi connectivity index (χ0n) is 11.5. The minimum Gasteiger partial charge on any atom is -0.352 e. The van der Waals surface area contributed by atoms with Crippen LogP contribution in [0.4, 0.5) is 0 Å². The van der Waals surface area contributed by atoms with E-state index in [2.05, 4.69) is 46.4 Å². The minimum atomic E-state index is 0.956. The van der Waals surface area contributed by atoms with Crippen LogP contribution in [-0.4, -0.2) is 20.7 Å². The molecule has 2 aromatic heterocycles. The number of rotatable bonds is 6. The van der Waals surface area contributed by atoms with Crippen LogP contribution in [0.5, 0.6) is 0 Å². The first-order chi connectivity index (χ1) is 8.68. The molecule has 0 radical (unpaired) electrons. The summed E-state index contributed by atoms with van der Waals surface area (Å²) in [6.45, 7) is 7.34. The first kappa shape index (κ1) is 12.9. The molecule has 0 aliphatic carbocycles. The average molecular weight is 246 g/mol. The van der Waals surface area contributed by atoms with Crippen LogP contribution in [0.15, 0.2) is 24.8 Å². The molecule has 0 fully saturated rings. The highest BCUT2D eigenvalue weighted by molar-refractivity contribution is 5.26. The molecule has 4 nitrogen and oxygen atoms in total. The fourth-order valence-electron chi connectivity index (χ4n) is 2.14. The van der Waals surface area contributed by atoms with Gasteiger partial charge in [-0.05, 0) is 38.4 Å². The lowest BCUT2D eigenvalue weighted by molar-refractivity contribution is 0.579. The van der Waals surface area contributed by atoms with E-state index in [4.69, 9.17) is 0 Å². The van der Waals surface area contributed by atoms with Gasteiger partial charge in [0, 0.05) is 43.9 Å². The molecule has 1 N–H and O–H groups in total. The van der Waals surface area contributed by atoms with Crippen molar-refractivity contribution in [3.8, 4) is 0 Å². The normalized spacial score (nSPS) is 11.1. The minimum absolute atomic E-state index is 0.956. The van der Waals surface area contributed by atoms with Crippen molar-refractivity contribution in [2.24, 2.45) is 7.05 Å². The van der Waals surface area contributed by atoms with Crippen molar-refractivity contribution in [2.45, 2.75) is 33.4 Å². The Bertz CT molecular complexity index is 482. The number of aromatic nitrogens is 3. The Morgan fingerprint density at radius 1 is 1.33 bits per heavy atom. The predicted molar refractivity (Wildman–Crippen MR) is 73.4 cm³/mol. The van der Waals surface area contributed by atoms with E-state index in [0.29, 0.717) is 0 Å². The molecule has 0 saturated carbocycles. The maximum Gasteiger partial charge on any atom is 0.0945 e. The second kappa shape index (κ2) is 5.87. The fraction of sp³-hybridized carbons (Fsp3) is 0.500. The summed E-state index contributed by atoms with van der Waals surface area (Å²) in [6, 6.07) is 2.26. The van der Waals surface area contributed by atoms with E-state index in [0.717, 1.165) is 26.1 Å². The van der Waals surface area contributed by atoms with Crippen molar-refractivity contribution in [3.63, 3.8) is 0 Å². The monoisotopic (exact) mass is 246 g/mol. The van der Waals surface area contributed by atoms with Crippen LogP contribution >= 0.6 is 0 Å². The first-order valence-corrected chi connectivity index (χ1v) is 6.46. The first-order valence-electron chi connectivity index (χ1n) is 6.46. The fourth-order valence-corrected chi connectivity index (χ4v) is 2.14. The van der Waals surface area contributed by atoms with Gasteiger partial charge in [-0.25, -0.2) is 4.98 Å². The maximum absolute atomic E-state index is 4.03. The van der Waals surface area contributed by atoms with Crippen LogP contribution in [0.2, 0.25) is 0 Å². The van der Waals surface area contributed by atoms with E-state index >= 15 is 0 Å². The van der Waals surface area contributed by atoms with Crippen LogP contribution in [0.1, 0.15) is 23.4 Å². The molecule has 2 rings (SSSR count). The van der Waals surface area contributed by atoms with Crippen LogP contribution in [0.25, 0.3) is 0 Å². The Labute approximate surface area is 109 Å². The topological polar surface area (TPSA) is 34.8 Å². The SMILES string of the molecule is Cc1cc(CNCCCn2ccnc2)c(C)n1C. The number of nitrogens with one attached hydrogen (secondary N) is 1. The van der Waals surface area contributed by atoms with Crippen LogP contribution in [0, 0.1) is 13.8 Å². The van der Waals surface area contributed by atoms with Crippen molar-refractivity contribution in [1.29, 1.82) is 0 Å². The Morgan fingerprint density at radius 3 is 2.78 bits per heavy atom. The molecule has 2 heterocycles. The molecule has 0 spiro atoms. The van der Waals surface area contributed by atoms with Crippen molar-refractivity contribution >= 4 is 0 Å². The molecular weight excluding hydrogens is 224 g/mol. The summed E-state index contributed by atoms with van der Waals surface area (Å²) >= 11 is 0. The second-order valence-electron chi connectivity index (χ2n) is 4.79. The molecule has 18 heavy (non-hydrogen) atoms. The van der Waals surface area contributed by atoms with Gasteiger partial charge in [-0.2, -0.15) is 0 Å². The molecule has 0 aliphatic heterocycles. The van der Waals surface area contributed by atoms with Crippen LogP contribution < -0.4 is 5.32 Å². The van der Waals surface area contributed by atoms with E-state index < -0.39 is 0 Å². The molecule has 0 atom stereocenters. The standard InChI is InChI=1S/C14H22N4/c1-12-9-14(13(2)17(12)3)10-15-5-4-7-18-8-6-16-11-18/h6,8-9,11,15H,4-5,7,10H2,1-3H3. The molecule has 4 heteroatoms. The molecule has 2 aromatic rings. The van der Waals surface area contributed by atoms with Gasteiger partial charge in [0.1, 0.15) is 0 Å². The lowest BCUT2D eigenvalue weighted by atomic mass is 10.2. The third-order valence-electron chi connectivity index (χ3n) is 3.52. The van der Waals surface area contributed by atoms with E-state index in [9.17, 15) is 0 Å². The molecule has 0 saturated heterocycles. The largest absolute Gasteiger partial charge is 0.352 e. The van der Waals surface area contributed by atoms with Crippen molar-refractivity contribution in [1.82, 2.24) is 19.4 Å². The molecule has 0 unspecified atom stereocenters. The van der Waals surface area contributed by atoms with E-state index in [-0.39, 0.29) is 0 Å². The van der Waals surface area contributed by atoms with Gasteiger partial charge in [-0.3, -0.25) is 0 Å². The van der Waals surface area contributed by atoms with E-state index in [1.165, 1.54) is 17.0 Å². The molecule has 98 valence electrons. The van der Waals surface area contributed by atoms with Gasteiger partial charge in [-0.1, -0.05) is 0 Å². The van der Waals surface area contributed by atoms with Crippen molar-refractivity contribution in [3.05, 3.63) is 41.7 Å².